The van der Waals surface area contributed by atoms with E-state index in [1.54, 1.807) is 24.4 Å². The summed E-state index contributed by atoms with van der Waals surface area (Å²) in [6.07, 6.45) is 1.76. The number of ether oxygens (including phenoxy) is 1. The Morgan fingerprint density at radius 1 is 1.15 bits per heavy atom. The molecule has 0 aliphatic rings. The molecule has 1 aromatic heterocycles. The number of rotatable bonds is 3. The van der Waals surface area contributed by atoms with E-state index in [4.69, 9.17) is 44.8 Å². The second-order valence-electron chi connectivity index (χ2n) is 3.91. The Balaban J connectivity index is 2.81. The van der Waals surface area contributed by atoms with Crippen molar-refractivity contribution in [3.8, 4) is 23.1 Å². The second kappa shape index (κ2) is 6.32. The number of hydrogen-bond donors (Lipinski definition) is 0. The Kier molecular flexibility index (Phi) is 4.72. The Labute approximate surface area is 131 Å². The van der Waals surface area contributed by atoms with Crippen molar-refractivity contribution in [2.75, 3.05) is 7.11 Å². The number of methoxy groups -OCH3 is 1. The molecule has 2 rings (SSSR count). The van der Waals surface area contributed by atoms with E-state index in [9.17, 15) is 0 Å². The fourth-order valence-electron chi connectivity index (χ4n) is 1.89. The minimum Gasteiger partial charge on any atom is -0.481 e. The van der Waals surface area contributed by atoms with Gasteiger partial charge in [-0.15, -0.1) is 0 Å². The molecule has 1 heterocycles. The zero-order chi connectivity index (χ0) is 14.7. The largest absolute Gasteiger partial charge is 0.481 e. The molecule has 2 aromatic rings. The Hall–Kier alpha value is -1.47. The number of benzene rings is 1. The standard InChI is InChI=1S/C14H9Cl3N2O/c1-20-14-11(8(4-6-18)5-7-19-14)12-9(15)2-3-10(16)13(12)17/h2-3,5,7H,4H2,1H3. The third-order valence-corrected chi connectivity index (χ3v) is 3.88. The van der Waals surface area contributed by atoms with E-state index < -0.39 is 0 Å². The highest BCUT2D eigenvalue weighted by Crippen LogP contribution is 2.43. The zero-order valence-corrected chi connectivity index (χ0v) is 12.7. The normalized spacial score (nSPS) is 10.2. The fraction of sp³-hybridized carbons (Fsp3) is 0.143. The third kappa shape index (κ3) is 2.69. The number of nitrogens with zero attached hydrogens (tertiary/aromatic N) is 2. The summed E-state index contributed by atoms with van der Waals surface area (Å²) in [5, 5.41) is 10.1. The van der Waals surface area contributed by atoms with Crippen LogP contribution in [-0.2, 0) is 6.42 Å². The Morgan fingerprint density at radius 3 is 2.50 bits per heavy atom. The molecule has 0 aliphatic carbocycles. The van der Waals surface area contributed by atoms with E-state index in [0.29, 0.717) is 32.1 Å². The van der Waals surface area contributed by atoms with E-state index in [2.05, 4.69) is 11.1 Å². The summed E-state index contributed by atoms with van der Waals surface area (Å²) in [5.74, 6) is 0.351. The van der Waals surface area contributed by atoms with Crippen LogP contribution in [0.4, 0.5) is 0 Å². The lowest BCUT2D eigenvalue weighted by molar-refractivity contribution is 0.399. The monoisotopic (exact) mass is 326 g/mol. The van der Waals surface area contributed by atoms with E-state index >= 15 is 0 Å². The fourth-order valence-corrected chi connectivity index (χ4v) is 2.61. The van der Waals surface area contributed by atoms with Gasteiger partial charge in [0, 0.05) is 11.8 Å². The van der Waals surface area contributed by atoms with Gasteiger partial charge in [0.25, 0.3) is 0 Å². The van der Waals surface area contributed by atoms with Crippen molar-refractivity contribution in [3.63, 3.8) is 0 Å². The van der Waals surface area contributed by atoms with Gasteiger partial charge in [-0.3, -0.25) is 0 Å². The molecule has 6 heteroatoms. The van der Waals surface area contributed by atoms with Crippen molar-refractivity contribution in [3.05, 3.63) is 45.0 Å². The van der Waals surface area contributed by atoms with E-state index in [-0.39, 0.29) is 6.42 Å². The minimum absolute atomic E-state index is 0.188. The van der Waals surface area contributed by atoms with Gasteiger partial charge in [-0.1, -0.05) is 34.8 Å². The number of halogens is 3. The molecule has 0 bridgehead atoms. The van der Waals surface area contributed by atoms with Crippen LogP contribution >= 0.6 is 34.8 Å². The molecule has 0 atom stereocenters. The first-order valence-electron chi connectivity index (χ1n) is 5.62. The molecule has 0 amide bonds. The maximum absolute atomic E-state index is 8.94. The minimum atomic E-state index is 0.188. The number of aromatic nitrogens is 1. The van der Waals surface area contributed by atoms with Crippen LogP contribution in [0.1, 0.15) is 5.56 Å². The number of pyridine rings is 1. The molecule has 0 aliphatic heterocycles. The summed E-state index contributed by atoms with van der Waals surface area (Å²) in [5.41, 5.74) is 1.84. The van der Waals surface area contributed by atoms with Crippen molar-refractivity contribution >= 4 is 34.8 Å². The van der Waals surface area contributed by atoms with Gasteiger partial charge in [0.1, 0.15) is 0 Å². The summed E-state index contributed by atoms with van der Waals surface area (Å²) in [4.78, 5) is 4.14. The highest BCUT2D eigenvalue weighted by Gasteiger charge is 2.20. The van der Waals surface area contributed by atoms with Crippen molar-refractivity contribution in [2.45, 2.75) is 6.42 Å². The predicted molar refractivity (Wildman–Crippen MR) is 80.6 cm³/mol. The van der Waals surface area contributed by atoms with Gasteiger partial charge >= 0.3 is 0 Å². The molecule has 20 heavy (non-hydrogen) atoms. The van der Waals surface area contributed by atoms with Crippen LogP contribution in [0.2, 0.25) is 15.1 Å². The highest BCUT2D eigenvalue weighted by molar-refractivity contribution is 6.46. The summed E-state index contributed by atoms with van der Waals surface area (Å²) < 4.78 is 5.26. The van der Waals surface area contributed by atoms with Gasteiger partial charge in [-0.25, -0.2) is 4.98 Å². The first-order chi connectivity index (χ1) is 9.60. The quantitative estimate of drug-likeness (QED) is 0.762. The zero-order valence-electron chi connectivity index (χ0n) is 10.5. The Morgan fingerprint density at radius 2 is 1.85 bits per heavy atom. The molecule has 0 saturated carbocycles. The molecule has 102 valence electrons. The highest BCUT2D eigenvalue weighted by atomic mass is 35.5. The van der Waals surface area contributed by atoms with Crippen LogP contribution in [0.25, 0.3) is 11.1 Å². The molecule has 3 nitrogen and oxygen atoms in total. The first-order valence-corrected chi connectivity index (χ1v) is 6.76. The van der Waals surface area contributed by atoms with E-state index in [0.717, 1.165) is 5.56 Å². The first kappa shape index (κ1) is 14.9. The van der Waals surface area contributed by atoms with Crippen molar-refractivity contribution in [1.29, 1.82) is 5.26 Å². The van der Waals surface area contributed by atoms with E-state index in [1.807, 2.05) is 0 Å². The van der Waals surface area contributed by atoms with Gasteiger partial charge in [0.2, 0.25) is 5.88 Å². The van der Waals surface area contributed by atoms with Gasteiger partial charge in [-0.05, 0) is 23.8 Å². The lowest BCUT2D eigenvalue weighted by Gasteiger charge is -2.14. The van der Waals surface area contributed by atoms with Crippen LogP contribution in [0.5, 0.6) is 5.88 Å². The van der Waals surface area contributed by atoms with Gasteiger partial charge in [0.05, 0.1) is 40.2 Å². The summed E-state index contributed by atoms with van der Waals surface area (Å²) in [6.45, 7) is 0. The number of nitriles is 1. The molecule has 0 fully saturated rings. The van der Waals surface area contributed by atoms with Gasteiger partial charge in [-0.2, -0.15) is 5.26 Å². The van der Waals surface area contributed by atoms with Crippen molar-refractivity contribution in [2.24, 2.45) is 0 Å². The van der Waals surface area contributed by atoms with Gasteiger partial charge < -0.3 is 4.74 Å². The number of hydrogen-bond acceptors (Lipinski definition) is 3. The lowest BCUT2D eigenvalue weighted by atomic mass is 9.99. The third-order valence-electron chi connectivity index (χ3n) is 2.76. The molecular weight excluding hydrogens is 319 g/mol. The van der Waals surface area contributed by atoms with Crippen LogP contribution in [0.15, 0.2) is 24.4 Å². The van der Waals surface area contributed by atoms with Crippen molar-refractivity contribution < 1.29 is 4.74 Å². The van der Waals surface area contributed by atoms with Crippen LogP contribution in [0, 0.1) is 11.3 Å². The lowest BCUT2D eigenvalue weighted by Crippen LogP contribution is -1.98. The summed E-state index contributed by atoms with van der Waals surface area (Å²) in [6, 6.07) is 7.09. The van der Waals surface area contributed by atoms with E-state index in [1.165, 1.54) is 7.11 Å². The molecule has 0 saturated heterocycles. The molecule has 0 radical (unpaired) electrons. The van der Waals surface area contributed by atoms with Crippen molar-refractivity contribution in [1.82, 2.24) is 4.98 Å². The molecule has 0 unspecified atom stereocenters. The van der Waals surface area contributed by atoms with Crippen LogP contribution in [-0.4, -0.2) is 12.1 Å². The maximum Gasteiger partial charge on any atom is 0.221 e. The smallest absolute Gasteiger partial charge is 0.221 e. The Bertz CT molecular complexity index is 696. The topological polar surface area (TPSA) is 45.9 Å². The van der Waals surface area contributed by atoms with Crippen LogP contribution in [0.3, 0.4) is 0 Å². The maximum atomic E-state index is 8.94. The molecule has 1 aromatic carbocycles. The summed E-state index contributed by atoms with van der Waals surface area (Å²) in [7, 11) is 1.49. The predicted octanol–water partition coefficient (Wildman–Crippen LogP) is 4.78. The molecule has 0 N–H and O–H groups in total. The van der Waals surface area contributed by atoms with Crippen LogP contribution < -0.4 is 4.74 Å². The average molecular weight is 328 g/mol. The summed E-state index contributed by atoms with van der Waals surface area (Å²) >= 11 is 18.5. The SMILES string of the molecule is COc1nccc(CC#N)c1-c1c(Cl)ccc(Cl)c1Cl. The second-order valence-corrected chi connectivity index (χ2v) is 5.10. The molecule has 0 spiro atoms. The molecular formula is C14H9Cl3N2O. The average Bonchev–Trinajstić information content (AvgIpc) is 2.45. The van der Waals surface area contributed by atoms with Gasteiger partial charge in [0.15, 0.2) is 0 Å².